The molecule has 0 aromatic carbocycles. The standard InChI is InChI=1S/C11H18N4O2/c1-8-4-3-5-15(11(16)10(8)12-2)6-9-13-7-17-14-9/h7-8,10,12H,3-6H2,1-2H3. The lowest BCUT2D eigenvalue weighted by molar-refractivity contribution is -0.134. The summed E-state index contributed by atoms with van der Waals surface area (Å²) in [5.41, 5.74) is 0. The fraction of sp³-hybridized carbons (Fsp3) is 0.727. The molecule has 6 heteroatoms. The van der Waals surface area contributed by atoms with E-state index in [1.54, 1.807) is 4.90 Å². The van der Waals surface area contributed by atoms with Crippen LogP contribution in [-0.4, -0.2) is 40.6 Å². The Morgan fingerprint density at radius 2 is 2.47 bits per heavy atom. The van der Waals surface area contributed by atoms with Crippen molar-refractivity contribution in [1.29, 1.82) is 0 Å². The molecular formula is C11H18N4O2. The first-order valence-electron chi connectivity index (χ1n) is 5.93. The van der Waals surface area contributed by atoms with Crippen molar-refractivity contribution in [2.24, 2.45) is 5.92 Å². The van der Waals surface area contributed by atoms with Crippen LogP contribution in [0.2, 0.25) is 0 Å². The summed E-state index contributed by atoms with van der Waals surface area (Å²) in [6.07, 6.45) is 3.36. The maximum atomic E-state index is 12.3. The molecule has 2 atom stereocenters. The molecule has 0 bridgehead atoms. The van der Waals surface area contributed by atoms with Crippen molar-refractivity contribution in [3.05, 3.63) is 12.2 Å². The highest BCUT2D eigenvalue weighted by atomic mass is 16.5. The summed E-state index contributed by atoms with van der Waals surface area (Å²) in [7, 11) is 1.83. The van der Waals surface area contributed by atoms with Crippen LogP contribution in [0.15, 0.2) is 10.9 Å². The molecule has 0 radical (unpaired) electrons. The van der Waals surface area contributed by atoms with E-state index < -0.39 is 0 Å². The van der Waals surface area contributed by atoms with Gasteiger partial charge in [-0.2, -0.15) is 4.98 Å². The molecule has 2 heterocycles. The molecule has 2 rings (SSSR count). The number of carbonyl (C=O) groups excluding carboxylic acids is 1. The molecule has 1 aromatic heterocycles. The molecule has 1 saturated heterocycles. The molecule has 1 amide bonds. The smallest absolute Gasteiger partial charge is 0.240 e. The molecule has 1 aliphatic heterocycles. The third-order valence-electron chi connectivity index (χ3n) is 3.28. The van der Waals surface area contributed by atoms with Crippen molar-refractivity contribution in [3.63, 3.8) is 0 Å². The number of carbonyl (C=O) groups is 1. The summed E-state index contributed by atoms with van der Waals surface area (Å²) < 4.78 is 4.68. The quantitative estimate of drug-likeness (QED) is 0.826. The van der Waals surface area contributed by atoms with Gasteiger partial charge in [-0.25, -0.2) is 0 Å². The Labute approximate surface area is 100 Å². The van der Waals surface area contributed by atoms with Gasteiger partial charge in [0.1, 0.15) is 0 Å². The third kappa shape index (κ3) is 2.63. The Bertz CT molecular complexity index is 366. The van der Waals surface area contributed by atoms with Crippen LogP contribution >= 0.6 is 0 Å². The van der Waals surface area contributed by atoms with Gasteiger partial charge in [-0.3, -0.25) is 4.79 Å². The van der Waals surface area contributed by atoms with Gasteiger partial charge in [0.15, 0.2) is 5.82 Å². The first-order valence-corrected chi connectivity index (χ1v) is 5.93. The van der Waals surface area contributed by atoms with Gasteiger partial charge >= 0.3 is 0 Å². The summed E-state index contributed by atoms with van der Waals surface area (Å²) in [6, 6.07) is -0.107. The number of hydrogen-bond acceptors (Lipinski definition) is 5. The Morgan fingerprint density at radius 3 is 3.12 bits per heavy atom. The fourth-order valence-electron chi connectivity index (χ4n) is 2.32. The van der Waals surface area contributed by atoms with Crippen LogP contribution in [0.4, 0.5) is 0 Å². The number of aromatic nitrogens is 2. The predicted octanol–water partition coefficient (Wildman–Crippen LogP) is 0.416. The van der Waals surface area contributed by atoms with E-state index in [0.717, 1.165) is 19.4 Å². The molecule has 1 aromatic rings. The minimum Gasteiger partial charge on any atom is -0.343 e. The van der Waals surface area contributed by atoms with Gasteiger partial charge in [0, 0.05) is 6.54 Å². The topological polar surface area (TPSA) is 71.3 Å². The molecule has 17 heavy (non-hydrogen) atoms. The normalized spacial score (nSPS) is 26.0. The van der Waals surface area contributed by atoms with E-state index >= 15 is 0 Å². The first-order chi connectivity index (χ1) is 8.22. The van der Waals surface area contributed by atoms with Gasteiger partial charge in [0.2, 0.25) is 12.3 Å². The first kappa shape index (κ1) is 12.0. The summed E-state index contributed by atoms with van der Waals surface area (Å²) in [4.78, 5) is 18.0. The number of nitrogens with one attached hydrogen (secondary N) is 1. The van der Waals surface area contributed by atoms with E-state index in [9.17, 15) is 4.79 Å². The highest BCUT2D eigenvalue weighted by Gasteiger charge is 2.31. The second-order valence-electron chi connectivity index (χ2n) is 4.49. The lowest BCUT2D eigenvalue weighted by Gasteiger charge is -2.24. The van der Waals surface area contributed by atoms with Crippen molar-refractivity contribution < 1.29 is 9.32 Å². The zero-order chi connectivity index (χ0) is 12.3. The largest absolute Gasteiger partial charge is 0.343 e. The van der Waals surface area contributed by atoms with Gasteiger partial charge in [-0.15, -0.1) is 0 Å². The van der Waals surface area contributed by atoms with Gasteiger partial charge < -0.3 is 14.7 Å². The van der Waals surface area contributed by atoms with Crippen molar-refractivity contribution in [1.82, 2.24) is 20.4 Å². The van der Waals surface area contributed by atoms with E-state index in [-0.39, 0.29) is 11.9 Å². The highest BCUT2D eigenvalue weighted by Crippen LogP contribution is 2.19. The number of likely N-dealkylation sites (tertiary alicyclic amines) is 1. The Balaban J connectivity index is 2.08. The summed E-state index contributed by atoms with van der Waals surface area (Å²) in [5, 5.41) is 6.84. The molecular weight excluding hydrogens is 220 g/mol. The highest BCUT2D eigenvalue weighted by molar-refractivity contribution is 5.82. The number of likely N-dealkylation sites (N-methyl/N-ethyl adjacent to an activating group) is 1. The molecule has 0 aliphatic carbocycles. The zero-order valence-corrected chi connectivity index (χ0v) is 10.2. The van der Waals surface area contributed by atoms with Crippen molar-refractivity contribution in [2.45, 2.75) is 32.4 Å². The second kappa shape index (κ2) is 5.27. The molecule has 1 aliphatic rings. The van der Waals surface area contributed by atoms with Crippen LogP contribution in [0.1, 0.15) is 25.6 Å². The van der Waals surface area contributed by atoms with E-state index in [0.29, 0.717) is 18.3 Å². The van der Waals surface area contributed by atoms with Crippen LogP contribution in [0.25, 0.3) is 0 Å². The maximum Gasteiger partial charge on any atom is 0.240 e. The summed E-state index contributed by atoms with van der Waals surface area (Å²) in [5.74, 6) is 1.05. The minimum absolute atomic E-state index is 0.107. The summed E-state index contributed by atoms with van der Waals surface area (Å²) in [6.45, 7) is 3.30. The van der Waals surface area contributed by atoms with Gasteiger partial charge in [0.05, 0.1) is 12.6 Å². The molecule has 6 nitrogen and oxygen atoms in total. The van der Waals surface area contributed by atoms with E-state index in [2.05, 4.69) is 26.9 Å². The fourth-order valence-corrected chi connectivity index (χ4v) is 2.32. The zero-order valence-electron chi connectivity index (χ0n) is 10.2. The number of nitrogens with zero attached hydrogens (tertiary/aromatic N) is 3. The predicted molar refractivity (Wildman–Crippen MR) is 61.0 cm³/mol. The van der Waals surface area contributed by atoms with Crippen LogP contribution in [0, 0.1) is 5.92 Å². The lowest BCUT2D eigenvalue weighted by atomic mass is 9.98. The van der Waals surface area contributed by atoms with Crippen LogP contribution < -0.4 is 5.32 Å². The minimum atomic E-state index is -0.107. The van der Waals surface area contributed by atoms with Crippen LogP contribution in [0.3, 0.4) is 0 Å². The number of amides is 1. The maximum absolute atomic E-state index is 12.3. The Hall–Kier alpha value is -1.43. The van der Waals surface area contributed by atoms with Gasteiger partial charge in [-0.1, -0.05) is 12.1 Å². The van der Waals surface area contributed by atoms with E-state index in [1.165, 1.54) is 6.39 Å². The van der Waals surface area contributed by atoms with Gasteiger partial charge in [-0.05, 0) is 25.8 Å². The van der Waals surface area contributed by atoms with Crippen molar-refractivity contribution in [3.8, 4) is 0 Å². The number of hydrogen-bond donors (Lipinski definition) is 1. The van der Waals surface area contributed by atoms with Crippen LogP contribution in [0.5, 0.6) is 0 Å². The number of rotatable bonds is 3. The Kier molecular flexibility index (Phi) is 3.73. The SMILES string of the molecule is CNC1C(=O)N(Cc2ncon2)CCCC1C. The molecule has 1 N–H and O–H groups in total. The lowest BCUT2D eigenvalue weighted by Crippen LogP contribution is -2.46. The molecule has 2 unspecified atom stereocenters. The summed E-state index contributed by atoms with van der Waals surface area (Å²) >= 11 is 0. The average Bonchev–Trinajstić information content (AvgIpc) is 2.76. The van der Waals surface area contributed by atoms with Gasteiger partial charge in [0.25, 0.3) is 0 Å². The van der Waals surface area contributed by atoms with Crippen molar-refractivity contribution >= 4 is 5.91 Å². The molecule has 0 saturated carbocycles. The third-order valence-corrected chi connectivity index (χ3v) is 3.28. The van der Waals surface area contributed by atoms with Crippen LogP contribution in [-0.2, 0) is 11.3 Å². The molecule has 94 valence electrons. The van der Waals surface area contributed by atoms with E-state index in [1.807, 2.05) is 7.05 Å². The van der Waals surface area contributed by atoms with Crippen molar-refractivity contribution in [2.75, 3.05) is 13.6 Å². The monoisotopic (exact) mass is 238 g/mol. The average molecular weight is 238 g/mol. The molecule has 0 spiro atoms. The Morgan fingerprint density at radius 1 is 1.65 bits per heavy atom. The second-order valence-corrected chi connectivity index (χ2v) is 4.49. The molecule has 1 fully saturated rings. The van der Waals surface area contributed by atoms with E-state index in [4.69, 9.17) is 0 Å².